The molecule has 1 aromatic carbocycles. The SMILES string of the molecule is O=C(NC12CC3CC(CC(C3)C1)C2)N1CC(S(=O)(=O)c2ccc(Cl)cc2)C1. The number of carbonyl (C=O) groups is 1. The molecular weight excluding hydrogens is 384 g/mol. The van der Waals surface area contributed by atoms with Crippen LogP contribution in [0.1, 0.15) is 38.5 Å². The zero-order valence-corrected chi connectivity index (χ0v) is 16.8. The number of urea groups is 1. The van der Waals surface area contributed by atoms with E-state index in [2.05, 4.69) is 5.32 Å². The molecule has 0 aromatic heterocycles. The highest BCUT2D eigenvalue weighted by atomic mass is 35.5. The lowest BCUT2D eigenvalue weighted by Gasteiger charge is -2.57. The molecule has 0 unspecified atom stereocenters. The molecule has 0 spiro atoms. The molecule has 4 saturated carbocycles. The predicted octanol–water partition coefficient (Wildman–Crippen LogP) is 3.48. The van der Waals surface area contributed by atoms with Crippen molar-refractivity contribution in [3.05, 3.63) is 29.3 Å². The number of hydrogen-bond donors (Lipinski definition) is 1. The Labute approximate surface area is 165 Å². The third-order valence-corrected chi connectivity index (χ3v) is 9.48. The number of sulfone groups is 1. The van der Waals surface area contributed by atoms with Crippen molar-refractivity contribution >= 4 is 27.5 Å². The monoisotopic (exact) mass is 408 g/mol. The first kappa shape index (κ1) is 17.8. The molecule has 146 valence electrons. The van der Waals surface area contributed by atoms with Gasteiger partial charge < -0.3 is 10.2 Å². The highest BCUT2D eigenvalue weighted by Crippen LogP contribution is 2.55. The van der Waals surface area contributed by atoms with Crippen LogP contribution >= 0.6 is 11.6 Å². The molecule has 27 heavy (non-hydrogen) atoms. The number of rotatable bonds is 3. The van der Waals surface area contributed by atoms with Gasteiger partial charge in [0.05, 0.1) is 4.90 Å². The molecule has 1 aromatic rings. The molecule has 4 aliphatic carbocycles. The molecule has 1 saturated heterocycles. The molecule has 1 N–H and O–H groups in total. The largest absolute Gasteiger partial charge is 0.333 e. The van der Waals surface area contributed by atoms with Crippen LogP contribution < -0.4 is 5.32 Å². The molecule has 0 radical (unpaired) electrons. The molecule has 2 amide bonds. The van der Waals surface area contributed by atoms with E-state index in [-0.39, 0.29) is 29.6 Å². The summed E-state index contributed by atoms with van der Waals surface area (Å²) in [6.45, 7) is 0.534. The Bertz CT molecular complexity index is 826. The van der Waals surface area contributed by atoms with Crippen LogP contribution in [-0.2, 0) is 9.84 Å². The van der Waals surface area contributed by atoms with Crippen LogP contribution in [-0.4, -0.2) is 43.2 Å². The van der Waals surface area contributed by atoms with Crippen LogP contribution in [0.25, 0.3) is 0 Å². The van der Waals surface area contributed by atoms with Gasteiger partial charge in [0, 0.05) is 23.7 Å². The first-order chi connectivity index (χ1) is 12.8. The van der Waals surface area contributed by atoms with E-state index in [0.717, 1.165) is 37.0 Å². The maximum Gasteiger partial charge on any atom is 0.317 e. The summed E-state index contributed by atoms with van der Waals surface area (Å²) in [5, 5.41) is 3.31. The lowest BCUT2D eigenvalue weighted by atomic mass is 9.53. The zero-order valence-electron chi connectivity index (χ0n) is 15.2. The second-order valence-electron chi connectivity index (χ2n) is 9.15. The standard InChI is InChI=1S/C20H25ClN2O3S/c21-16-1-3-17(4-2-16)27(25,26)18-11-23(12-18)19(24)22-20-8-13-5-14(9-20)7-15(6-13)10-20/h1-4,13-15,18H,5-12H2,(H,22,24). The van der Waals surface area contributed by atoms with Crippen molar-refractivity contribution in [2.24, 2.45) is 17.8 Å². The normalized spacial score (nSPS) is 35.1. The summed E-state index contributed by atoms with van der Waals surface area (Å²) in [4.78, 5) is 14.7. The topological polar surface area (TPSA) is 66.5 Å². The fourth-order valence-electron chi connectivity index (χ4n) is 6.19. The molecule has 5 fully saturated rings. The maximum absolute atomic E-state index is 12.8. The molecule has 6 rings (SSSR count). The van der Waals surface area contributed by atoms with E-state index in [1.807, 2.05) is 0 Å². The molecule has 0 atom stereocenters. The average Bonchev–Trinajstić information content (AvgIpc) is 2.51. The van der Waals surface area contributed by atoms with Crippen LogP contribution in [0.5, 0.6) is 0 Å². The molecule has 5 aliphatic rings. The fourth-order valence-corrected chi connectivity index (χ4v) is 7.97. The Hall–Kier alpha value is -1.27. The van der Waals surface area contributed by atoms with E-state index in [0.29, 0.717) is 5.02 Å². The Kier molecular flexibility index (Phi) is 4.03. The third-order valence-electron chi connectivity index (χ3n) is 7.13. The highest BCUT2D eigenvalue weighted by Gasteiger charge is 2.52. The van der Waals surface area contributed by atoms with Gasteiger partial charge in [0.25, 0.3) is 0 Å². The molecule has 7 heteroatoms. The molecule has 5 nitrogen and oxygen atoms in total. The van der Waals surface area contributed by atoms with Crippen LogP contribution in [0, 0.1) is 17.8 Å². The summed E-state index contributed by atoms with van der Waals surface area (Å²) >= 11 is 5.85. The van der Waals surface area contributed by atoms with Crippen molar-refractivity contribution in [3.63, 3.8) is 0 Å². The number of nitrogens with one attached hydrogen (secondary N) is 1. The quantitative estimate of drug-likeness (QED) is 0.832. The second kappa shape index (κ2) is 6.11. The number of hydrogen-bond acceptors (Lipinski definition) is 3. The molecule has 1 aliphatic heterocycles. The van der Waals surface area contributed by atoms with Gasteiger partial charge in [0.2, 0.25) is 0 Å². The maximum atomic E-state index is 12.8. The van der Waals surface area contributed by atoms with Crippen LogP contribution in [0.3, 0.4) is 0 Å². The summed E-state index contributed by atoms with van der Waals surface area (Å²) in [7, 11) is -3.42. The Morgan fingerprint density at radius 3 is 2.04 bits per heavy atom. The van der Waals surface area contributed by atoms with Crippen LogP contribution in [0.4, 0.5) is 4.79 Å². The summed E-state index contributed by atoms with van der Waals surface area (Å²) in [5.41, 5.74) is -0.0357. The minimum absolute atomic E-state index is 0.0357. The van der Waals surface area contributed by atoms with E-state index in [9.17, 15) is 13.2 Å². The summed E-state index contributed by atoms with van der Waals surface area (Å²) < 4.78 is 25.4. The number of carbonyl (C=O) groups excluding carboxylic acids is 1. The van der Waals surface area contributed by atoms with Crippen molar-refractivity contribution in [2.45, 2.75) is 54.2 Å². The van der Waals surface area contributed by atoms with Gasteiger partial charge >= 0.3 is 6.03 Å². The number of likely N-dealkylation sites (tertiary alicyclic amines) is 1. The van der Waals surface area contributed by atoms with Gasteiger partial charge in [-0.15, -0.1) is 0 Å². The van der Waals surface area contributed by atoms with E-state index in [1.54, 1.807) is 17.0 Å². The summed E-state index contributed by atoms with van der Waals surface area (Å²) in [5.74, 6) is 2.31. The zero-order chi connectivity index (χ0) is 18.8. The van der Waals surface area contributed by atoms with Crippen molar-refractivity contribution < 1.29 is 13.2 Å². The van der Waals surface area contributed by atoms with E-state index in [4.69, 9.17) is 11.6 Å². The van der Waals surface area contributed by atoms with E-state index < -0.39 is 15.1 Å². The highest BCUT2D eigenvalue weighted by molar-refractivity contribution is 7.92. The Morgan fingerprint density at radius 1 is 1.00 bits per heavy atom. The first-order valence-electron chi connectivity index (χ1n) is 9.90. The van der Waals surface area contributed by atoms with Crippen LogP contribution in [0.2, 0.25) is 5.02 Å². The van der Waals surface area contributed by atoms with Gasteiger partial charge in [-0.05, 0) is 80.5 Å². The van der Waals surface area contributed by atoms with Gasteiger partial charge in [0.15, 0.2) is 9.84 Å². The van der Waals surface area contributed by atoms with Gasteiger partial charge in [-0.25, -0.2) is 13.2 Å². The summed E-state index contributed by atoms with van der Waals surface area (Å²) in [6.07, 6.45) is 7.31. The first-order valence-corrected chi connectivity index (χ1v) is 11.8. The van der Waals surface area contributed by atoms with Gasteiger partial charge in [0.1, 0.15) is 5.25 Å². The number of benzene rings is 1. The molecule has 1 heterocycles. The van der Waals surface area contributed by atoms with Gasteiger partial charge in [-0.3, -0.25) is 0 Å². The van der Waals surface area contributed by atoms with E-state index >= 15 is 0 Å². The smallest absolute Gasteiger partial charge is 0.317 e. The lowest BCUT2D eigenvalue weighted by Crippen LogP contribution is -2.66. The van der Waals surface area contributed by atoms with Crippen molar-refractivity contribution in [1.82, 2.24) is 10.2 Å². The minimum atomic E-state index is -3.42. The van der Waals surface area contributed by atoms with Crippen molar-refractivity contribution in [2.75, 3.05) is 13.1 Å². The van der Waals surface area contributed by atoms with E-state index in [1.165, 1.54) is 31.4 Å². The fraction of sp³-hybridized carbons (Fsp3) is 0.650. The number of nitrogens with zero attached hydrogens (tertiary/aromatic N) is 1. The third kappa shape index (κ3) is 3.05. The molecular formula is C20H25ClN2O3S. The molecule has 4 bridgehead atoms. The predicted molar refractivity (Wildman–Crippen MR) is 103 cm³/mol. The average molecular weight is 409 g/mol. The summed E-state index contributed by atoms with van der Waals surface area (Å²) in [6, 6.07) is 6.17. The second-order valence-corrected chi connectivity index (χ2v) is 11.8. The van der Waals surface area contributed by atoms with Gasteiger partial charge in [-0.1, -0.05) is 11.6 Å². The minimum Gasteiger partial charge on any atom is -0.333 e. The van der Waals surface area contributed by atoms with Crippen molar-refractivity contribution in [1.29, 1.82) is 0 Å². The Morgan fingerprint density at radius 2 is 1.52 bits per heavy atom. The lowest BCUT2D eigenvalue weighted by molar-refractivity contribution is -0.0166. The van der Waals surface area contributed by atoms with Crippen LogP contribution in [0.15, 0.2) is 29.2 Å². The Balaban J connectivity index is 1.22. The number of halogens is 1. The van der Waals surface area contributed by atoms with Gasteiger partial charge in [-0.2, -0.15) is 0 Å². The number of amides is 2. The van der Waals surface area contributed by atoms with Crippen molar-refractivity contribution in [3.8, 4) is 0 Å².